The molecule has 0 aliphatic carbocycles. The molecule has 1 N–H and O–H groups in total. The highest BCUT2D eigenvalue weighted by atomic mass is 16.5. The highest BCUT2D eigenvalue weighted by Crippen LogP contribution is 2.19. The molecule has 3 aromatic carbocycles. The van der Waals surface area contributed by atoms with E-state index in [4.69, 9.17) is 4.74 Å². The Kier molecular flexibility index (Phi) is 8.69. The van der Waals surface area contributed by atoms with Crippen LogP contribution in [0.2, 0.25) is 0 Å². The van der Waals surface area contributed by atoms with Crippen LogP contribution in [-0.2, 0) is 22.6 Å². The van der Waals surface area contributed by atoms with Crippen LogP contribution in [0.15, 0.2) is 78.9 Å². The smallest absolute Gasteiger partial charge is 0.261 e. The van der Waals surface area contributed by atoms with Crippen LogP contribution >= 0.6 is 0 Å². The van der Waals surface area contributed by atoms with Crippen LogP contribution < -0.4 is 10.1 Å². The van der Waals surface area contributed by atoms with E-state index in [2.05, 4.69) is 5.32 Å². The van der Waals surface area contributed by atoms with Crippen LogP contribution in [0, 0.1) is 13.8 Å². The minimum Gasteiger partial charge on any atom is -0.484 e. The van der Waals surface area contributed by atoms with E-state index in [1.54, 1.807) is 4.90 Å². The van der Waals surface area contributed by atoms with Gasteiger partial charge in [-0.2, -0.15) is 0 Å². The fourth-order valence-corrected chi connectivity index (χ4v) is 3.91. The maximum atomic E-state index is 13.6. The maximum absolute atomic E-state index is 13.6. The molecule has 5 heteroatoms. The van der Waals surface area contributed by atoms with Gasteiger partial charge in [-0.05, 0) is 69.0 Å². The summed E-state index contributed by atoms with van der Waals surface area (Å²) in [5, 5.41) is 3.08. The van der Waals surface area contributed by atoms with Gasteiger partial charge in [-0.3, -0.25) is 9.59 Å². The largest absolute Gasteiger partial charge is 0.484 e. The van der Waals surface area contributed by atoms with E-state index in [9.17, 15) is 9.59 Å². The predicted molar refractivity (Wildman–Crippen MR) is 140 cm³/mol. The van der Waals surface area contributed by atoms with E-state index in [0.29, 0.717) is 18.7 Å². The molecular weight excluding hydrogens is 436 g/mol. The molecule has 35 heavy (non-hydrogen) atoms. The summed E-state index contributed by atoms with van der Waals surface area (Å²) in [5.41, 5.74) is 3.68. The average molecular weight is 473 g/mol. The molecule has 0 radical (unpaired) electrons. The van der Waals surface area contributed by atoms with E-state index in [1.807, 2.05) is 113 Å². The van der Waals surface area contributed by atoms with Gasteiger partial charge in [0.25, 0.3) is 5.91 Å². The van der Waals surface area contributed by atoms with Gasteiger partial charge in [0.15, 0.2) is 6.61 Å². The lowest BCUT2D eigenvalue weighted by Crippen LogP contribution is -2.55. The zero-order valence-corrected chi connectivity index (χ0v) is 21.4. The maximum Gasteiger partial charge on any atom is 0.261 e. The lowest BCUT2D eigenvalue weighted by Gasteiger charge is -2.34. The summed E-state index contributed by atoms with van der Waals surface area (Å²) < 4.78 is 5.86. The van der Waals surface area contributed by atoms with Gasteiger partial charge in [0.2, 0.25) is 5.91 Å². The Bertz CT molecular complexity index is 1140. The van der Waals surface area contributed by atoms with Gasteiger partial charge in [0.1, 0.15) is 11.8 Å². The van der Waals surface area contributed by atoms with Crippen LogP contribution in [0.25, 0.3) is 0 Å². The second kappa shape index (κ2) is 11.7. The number of ether oxygens (including phenoxy) is 1. The molecule has 0 aliphatic rings. The number of carbonyl (C=O) groups is 2. The second-order valence-corrected chi connectivity index (χ2v) is 10.00. The minimum atomic E-state index is -0.690. The standard InChI is InChI=1S/C30H36N2O3/c1-22-12-11-17-26(18-22)35-21-28(33)32(20-25-16-10-9-13-23(25)2)27(29(34)31-30(3,4)5)19-24-14-7-6-8-15-24/h6-18,27H,19-21H2,1-5H3,(H,31,34)/t27-/m1/s1. The van der Waals surface area contributed by atoms with Crippen LogP contribution in [0.1, 0.15) is 43.0 Å². The van der Waals surface area contributed by atoms with Crippen molar-refractivity contribution in [1.82, 2.24) is 10.2 Å². The fourth-order valence-electron chi connectivity index (χ4n) is 3.91. The third kappa shape index (κ3) is 7.99. The normalized spacial score (nSPS) is 12.0. The van der Waals surface area contributed by atoms with Crippen LogP contribution in [0.3, 0.4) is 0 Å². The van der Waals surface area contributed by atoms with E-state index in [0.717, 1.165) is 22.3 Å². The van der Waals surface area contributed by atoms with Crippen molar-refractivity contribution in [2.45, 2.75) is 59.2 Å². The Morgan fingerprint density at radius 2 is 1.60 bits per heavy atom. The molecule has 3 rings (SSSR count). The summed E-state index contributed by atoms with van der Waals surface area (Å²) in [6.07, 6.45) is 0.408. The van der Waals surface area contributed by atoms with E-state index in [1.165, 1.54) is 0 Å². The molecule has 2 amide bonds. The van der Waals surface area contributed by atoms with E-state index >= 15 is 0 Å². The van der Waals surface area contributed by atoms with Crippen molar-refractivity contribution in [3.63, 3.8) is 0 Å². The lowest BCUT2D eigenvalue weighted by atomic mass is 10.00. The van der Waals surface area contributed by atoms with Crippen LogP contribution in [-0.4, -0.2) is 34.9 Å². The first-order valence-electron chi connectivity index (χ1n) is 12.0. The minimum absolute atomic E-state index is 0.149. The Labute approximate surface area is 209 Å². The van der Waals surface area contributed by atoms with E-state index in [-0.39, 0.29) is 18.4 Å². The van der Waals surface area contributed by atoms with Crippen molar-refractivity contribution in [1.29, 1.82) is 0 Å². The predicted octanol–water partition coefficient (Wildman–Crippen LogP) is 5.24. The Morgan fingerprint density at radius 1 is 0.914 bits per heavy atom. The van der Waals surface area contributed by atoms with Gasteiger partial charge in [-0.1, -0.05) is 66.7 Å². The van der Waals surface area contributed by atoms with Gasteiger partial charge in [0.05, 0.1) is 0 Å². The highest BCUT2D eigenvalue weighted by molar-refractivity contribution is 5.89. The average Bonchev–Trinajstić information content (AvgIpc) is 2.80. The summed E-state index contributed by atoms with van der Waals surface area (Å²) in [6.45, 7) is 9.99. The number of nitrogens with zero attached hydrogens (tertiary/aromatic N) is 1. The molecule has 0 bridgehead atoms. The summed E-state index contributed by atoms with van der Waals surface area (Å²) in [7, 11) is 0. The van der Waals surface area contributed by atoms with Crippen molar-refractivity contribution in [2.24, 2.45) is 0 Å². The van der Waals surface area contributed by atoms with Gasteiger partial charge in [0, 0.05) is 18.5 Å². The molecule has 184 valence electrons. The van der Waals surface area contributed by atoms with Crippen molar-refractivity contribution in [3.05, 3.63) is 101 Å². The van der Waals surface area contributed by atoms with Crippen molar-refractivity contribution in [3.8, 4) is 5.75 Å². The Morgan fingerprint density at radius 3 is 2.26 bits per heavy atom. The monoisotopic (exact) mass is 472 g/mol. The number of hydrogen-bond acceptors (Lipinski definition) is 3. The molecule has 0 heterocycles. The molecular formula is C30H36N2O3. The third-order valence-electron chi connectivity index (χ3n) is 5.72. The molecule has 0 saturated heterocycles. The number of hydrogen-bond donors (Lipinski definition) is 1. The molecule has 0 spiro atoms. The zero-order valence-electron chi connectivity index (χ0n) is 21.4. The first-order valence-corrected chi connectivity index (χ1v) is 12.0. The molecule has 1 atom stereocenters. The number of aryl methyl sites for hydroxylation is 2. The third-order valence-corrected chi connectivity index (χ3v) is 5.72. The quantitative estimate of drug-likeness (QED) is 0.464. The number of benzene rings is 3. The van der Waals surface area contributed by atoms with Gasteiger partial charge < -0.3 is 15.0 Å². The Hall–Kier alpha value is -3.60. The van der Waals surface area contributed by atoms with Gasteiger partial charge in [-0.25, -0.2) is 0 Å². The highest BCUT2D eigenvalue weighted by Gasteiger charge is 2.32. The molecule has 0 aromatic heterocycles. The summed E-state index contributed by atoms with van der Waals surface area (Å²) >= 11 is 0. The van der Waals surface area contributed by atoms with Gasteiger partial charge >= 0.3 is 0 Å². The molecule has 0 unspecified atom stereocenters. The lowest BCUT2D eigenvalue weighted by molar-refractivity contribution is -0.143. The van der Waals surface area contributed by atoms with Crippen molar-refractivity contribution in [2.75, 3.05) is 6.61 Å². The van der Waals surface area contributed by atoms with Gasteiger partial charge in [-0.15, -0.1) is 0 Å². The SMILES string of the molecule is Cc1cccc(OCC(=O)N(Cc2ccccc2C)[C@H](Cc2ccccc2)C(=O)NC(C)(C)C)c1. The summed E-state index contributed by atoms with van der Waals surface area (Å²) in [5.74, 6) is 0.214. The zero-order chi connectivity index (χ0) is 25.4. The van der Waals surface area contributed by atoms with Crippen LogP contribution in [0.5, 0.6) is 5.75 Å². The molecule has 0 fully saturated rings. The number of rotatable bonds is 9. The molecule has 5 nitrogen and oxygen atoms in total. The number of amides is 2. The van der Waals surface area contributed by atoms with E-state index < -0.39 is 11.6 Å². The topological polar surface area (TPSA) is 58.6 Å². The molecule has 3 aromatic rings. The number of nitrogens with one attached hydrogen (secondary N) is 1. The van der Waals surface area contributed by atoms with Crippen molar-refractivity contribution >= 4 is 11.8 Å². The summed E-state index contributed by atoms with van der Waals surface area (Å²) in [6, 6.07) is 24.7. The fraction of sp³-hybridized carbons (Fsp3) is 0.333. The second-order valence-electron chi connectivity index (χ2n) is 10.00. The first-order chi connectivity index (χ1) is 16.6. The van der Waals surface area contributed by atoms with Crippen LogP contribution in [0.4, 0.5) is 0 Å². The first kappa shape index (κ1) is 26.0. The summed E-state index contributed by atoms with van der Waals surface area (Å²) in [4.78, 5) is 28.9. The molecule has 0 aliphatic heterocycles. The molecule has 0 saturated carbocycles. The number of carbonyl (C=O) groups excluding carboxylic acids is 2. The Balaban J connectivity index is 1.94. The van der Waals surface area contributed by atoms with Crippen molar-refractivity contribution < 1.29 is 14.3 Å².